The van der Waals surface area contributed by atoms with E-state index < -0.39 is 23.7 Å². The van der Waals surface area contributed by atoms with Gasteiger partial charge in [-0.25, -0.2) is 0 Å². The fourth-order valence-electron chi connectivity index (χ4n) is 6.19. The Labute approximate surface area is 220 Å². The predicted molar refractivity (Wildman–Crippen MR) is 150 cm³/mol. The Hall–Kier alpha value is -3.39. The summed E-state index contributed by atoms with van der Waals surface area (Å²) >= 11 is 0. The monoisotopic (exact) mass is 485 g/mol. The van der Waals surface area contributed by atoms with E-state index in [1.807, 2.05) is 6.07 Å². The molecule has 0 radical (unpaired) electrons. The lowest BCUT2D eigenvalue weighted by molar-refractivity contribution is 0.00578. The fraction of sp³-hybridized carbons (Fsp3) is 0.303. The normalized spacial score (nSPS) is 24.8. The Kier molecular flexibility index (Phi) is 5.39. The van der Waals surface area contributed by atoms with Crippen molar-refractivity contribution in [2.45, 2.75) is 57.7 Å². The van der Waals surface area contributed by atoms with Crippen molar-refractivity contribution in [2.75, 3.05) is 0 Å². The molecule has 0 N–H and O–H groups in total. The molecule has 1 aliphatic heterocycles. The third kappa shape index (κ3) is 3.49. The largest absolute Gasteiger partial charge is 0.494 e. The van der Waals surface area contributed by atoms with E-state index in [1.54, 1.807) is 0 Å². The van der Waals surface area contributed by atoms with E-state index >= 15 is 0 Å². The molecule has 2 atom stereocenters. The lowest BCUT2D eigenvalue weighted by Crippen LogP contribution is -2.41. The SMILES string of the molecule is C[C@@H]1C=CC=C(C2(c3ccccc3)c3cc(C#N)ccc3-c3ccc(B4OC(C)(C)C(C)(C)O4)cc32)C1. The molecule has 4 heteroatoms. The third-order valence-electron chi connectivity index (χ3n) is 8.78. The van der Waals surface area contributed by atoms with Gasteiger partial charge in [0.25, 0.3) is 0 Å². The highest BCUT2D eigenvalue weighted by Crippen LogP contribution is 2.58. The first-order valence-electron chi connectivity index (χ1n) is 13.2. The van der Waals surface area contributed by atoms with Gasteiger partial charge in [0, 0.05) is 0 Å². The Bertz CT molecular complexity index is 1480. The van der Waals surface area contributed by atoms with Crippen LogP contribution in [0.25, 0.3) is 11.1 Å². The van der Waals surface area contributed by atoms with Crippen LogP contribution in [-0.4, -0.2) is 18.3 Å². The second kappa shape index (κ2) is 8.31. The number of rotatable bonds is 3. The van der Waals surface area contributed by atoms with E-state index in [0.717, 1.165) is 11.9 Å². The minimum Gasteiger partial charge on any atom is -0.399 e. The smallest absolute Gasteiger partial charge is 0.399 e. The molecular weight excluding hydrogens is 453 g/mol. The minimum atomic E-state index is -0.503. The van der Waals surface area contributed by atoms with Crippen LogP contribution in [0.3, 0.4) is 0 Å². The van der Waals surface area contributed by atoms with Crippen LogP contribution in [0.5, 0.6) is 0 Å². The molecule has 1 unspecified atom stereocenters. The summed E-state index contributed by atoms with van der Waals surface area (Å²) in [4.78, 5) is 0. The number of nitriles is 1. The lowest BCUT2D eigenvalue weighted by Gasteiger charge is -2.38. The summed E-state index contributed by atoms with van der Waals surface area (Å²) in [7, 11) is -0.443. The molecule has 3 aliphatic rings. The van der Waals surface area contributed by atoms with Crippen LogP contribution in [0, 0.1) is 17.2 Å². The molecule has 6 rings (SSSR count). The van der Waals surface area contributed by atoms with Crippen molar-refractivity contribution in [3.8, 4) is 17.2 Å². The zero-order valence-corrected chi connectivity index (χ0v) is 22.2. The summed E-state index contributed by atoms with van der Waals surface area (Å²) in [5.41, 5.74) is 7.71. The minimum absolute atomic E-state index is 0.413. The Morgan fingerprint density at radius 3 is 2.16 bits per heavy atom. The van der Waals surface area contributed by atoms with Gasteiger partial charge in [0.05, 0.1) is 28.2 Å². The number of hydrogen-bond acceptors (Lipinski definition) is 3. The van der Waals surface area contributed by atoms with E-state index in [0.29, 0.717) is 11.5 Å². The maximum Gasteiger partial charge on any atom is 0.494 e. The van der Waals surface area contributed by atoms with E-state index in [9.17, 15) is 5.26 Å². The van der Waals surface area contributed by atoms with Crippen LogP contribution in [0.15, 0.2) is 90.5 Å². The van der Waals surface area contributed by atoms with E-state index in [1.165, 1.54) is 33.4 Å². The molecule has 0 amide bonds. The molecule has 1 fully saturated rings. The van der Waals surface area contributed by atoms with Crippen molar-refractivity contribution in [1.29, 1.82) is 5.26 Å². The molecule has 0 saturated carbocycles. The average molecular weight is 485 g/mol. The molecule has 37 heavy (non-hydrogen) atoms. The average Bonchev–Trinajstić information content (AvgIpc) is 3.30. The summed E-state index contributed by atoms with van der Waals surface area (Å²) in [5.74, 6) is 0.429. The van der Waals surface area contributed by atoms with Crippen molar-refractivity contribution in [2.24, 2.45) is 5.92 Å². The van der Waals surface area contributed by atoms with Crippen molar-refractivity contribution in [1.82, 2.24) is 0 Å². The summed E-state index contributed by atoms with van der Waals surface area (Å²) in [6, 6.07) is 25.9. The molecule has 0 bridgehead atoms. The van der Waals surface area contributed by atoms with Gasteiger partial charge in [0.1, 0.15) is 0 Å². The van der Waals surface area contributed by atoms with Crippen LogP contribution >= 0.6 is 0 Å². The Morgan fingerprint density at radius 2 is 1.51 bits per heavy atom. The molecule has 0 aromatic heterocycles. The summed E-state index contributed by atoms with van der Waals surface area (Å²) < 4.78 is 12.9. The van der Waals surface area contributed by atoms with E-state index in [2.05, 4.69) is 120 Å². The van der Waals surface area contributed by atoms with Gasteiger partial charge in [-0.15, -0.1) is 0 Å². The molecule has 3 aromatic carbocycles. The first-order chi connectivity index (χ1) is 17.7. The molecule has 0 spiro atoms. The number of nitrogens with zero attached hydrogens (tertiary/aromatic N) is 1. The quantitative estimate of drug-likeness (QED) is 0.388. The van der Waals surface area contributed by atoms with Crippen molar-refractivity contribution < 1.29 is 9.31 Å². The van der Waals surface area contributed by atoms with Crippen LogP contribution in [0.1, 0.15) is 63.3 Å². The Morgan fingerprint density at radius 1 is 0.865 bits per heavy atom. The van der Waals surface area contributed by atoms with Gasteiger partial charge in [-0.1, -0.05) is 85.3 Å². The molecule has 184 valence electrons. The highest BCUT2D eigenvalue weighted by molar-refractivity contribution is 6.62. The maximum absolute atomic E-state index is 9.86. The molecule has 1 saturated heterocycles. The highest BCUT2D eigenvalue weighted by atomic mass is 16.7. The fourth-order valence-corrected chi connectivity index (χ4v) is 6.19. The zero-order chi connectivity index (χ0) is 26.0. The topological polar surface area (TPSA) is 42.2 Å². The molecular formula is C33H32BNO2. The summed E-state index contributed by atoms with van der Waals surface area (Å²) in [5, 5.41) is 9.86. The number of allylic oxidation sites excluding steroid dienone is 4. The van der Waals surface area contributed by atoms with Crippen LogP contribution < -0.4 is 5.46 Å². The second-order valence-corrected chi connectivity index (χ2v) is 11.6. The first kappa shape index (κ1) is 24.0. The standard InChI is InChI=1S/C33H32BNO2/c1-22-10-9-13-25(18-22)33(24-11-7-6-8-12-24)29-19-23(21-35)14-16-27(29)28-17-15-26(20-30(28)33)34-36-31(2,3)32(4,5)37-34/h6-17,19-20,22H,18H2,1-5H3/t22-,33?/m1/s1. The van der Waals surface area contributed by atoms with Gasteiger partial charge < -0.3 is 9.31 Å². The van der Waals surface area contributed by atoms with Gasteiger partial charge in [0.2, 0.25) is 0 Å². The molecule has 3 nitrogen and oxygen atoms in total. The maximum atomic E-state index is 9.86. The first-order valence-corrected chi connectivity index (χ1v) is 13.2. The number of hydrogen-bond donors (Lipinski definition) is 0. The predicted octanol–water partition coefficient (Wildman–Crippen LogP) is 6.69. The van der Waals surface area contributed by atoms with Crippen LogP contribution in [0.2, 0.25) is 0 Å². The van der Waals surface area contributed by atoms with Crippen molar-refractivity contribution in [3.63, 3.8) is 0 Å². The number of benzene rings is 3. The third-order valence-corrected chi connectivity index (χ3v) is 8.78. The van der Waals surface area contributed by atoms with Crippen molar-refractivity contribution in [3.05, 3.63) is 113 Å². The highest BCUT2D eigenvalue weighted by Gasteiger charge is 2.53. The Balaban J connectivity index is 1.65. The second-order valence-electron chi connectivity index (χ2n) is 11.6. The lowest BCUT2D eigenvalue weighted by atomic mass is 9.63. The molecule has 2 aliphatic carbocycles. The summed E-state index contributed by atoms with van der Waals surface area (Å²) in [6.07, 6.45) is 7.69. The molecule has 1 heterocycles. The van der Waals surface area contributed by atoms with Crippen molar-refractivity contribution >= 4 is 12.6 Å². The van der Waals surface area contributed by atoms with E-state index in [4.69, 9.17) is 9.31 Å². The van der Waals surface area contributed by atoms with Gasteiger partial charge in [-0.2, -0.15) is 5.26 Å². The zero-order valence-electron chi connectivity index (χ0n) is 22.2. The molecule has 3 aromatic rings. The van der Waals surface area contributed by atoms with E-state index in [-0.39, 0.29) is 0 Å². The van der Waals surface area contributed by atoms with Gasteiger partial charge in [-0.3, -0.25) is 0 Å². The van der Waals surface area contributed by atoms with Gasteiger partial charge >= 0.3 is 7.12 Å². The van der Waals surface area contributed by atoms with Gasteiger partial charge in [-0.05, 0) is 85.4 Å². The number of fused-ring (bicyclic) bond motifs is 3. The van der Waals surface area contributed by atoms with Gasteiger partial charge in [0.15, 0.2) is 0 Å². The van der Waals surface area contributed by atoms with Crippen LogP contribution in [0.4, 0.5) is 0 Å². The summed E-state index contributed by atoms with van der Waals surface area (Å²) in [6.45, 7) is 10.6. The van der Waals surface area contributed by atoms with Crippen LogP contribution in [-0.2, 0) is 14.7 Å².